The van der Waals surface area contributed by atoms with E-state index in [4.69, 9.17) is 27.9 Å². The Kier molecular flexibility index (Phi) is 6.58. The van der Waals surface area contributed by atoms with Crippen LogP contribution in [0.15, 0.2) is 28.8 Å². The lowest BCUT2D eigenvalue weighted by atomic mass is 10.1. The zero-order chi connectivity index (χ0) is 19.5. The van der Waals surface area contributed by atoms with Gasteiger partial charge in [-0.2, -0.15) is 0 Å². The van der Waals surface area contributed by atoms with Crippen LogP contribution in [0.4, 0.5) is 10.5 Å². The van der Waals surface area contributed by atoms with Crippen LogP contribution in [0.2, 0.25) is 0 Å². The fourth-order valence-corrected chi connectivity index (χ4v) is 3.36. The van der Waals surface area contributed by atoms with E-state index in [0.29, 0.717) is 5.69 Å². The number of benzene rings is 1. The molecule has 2 atom stereocenters. The number of nitrogens with one attached hydrogen (secondary N) is 2. The maximum Gasteiger partial charge on any atom is 0.411 e. The van der Waals surface area contributed by atoms with Gasteiger partial charge in [0, 0.05) is 5.69 Å². The maximum absolute atomic E-state index is 12.2. The van der Waals surface area contributed by atoms with Crippen LogP contribution in [0, 0.1) is 31.1 Å². The molecule has 1 fully saturated rings. The number of carbonyl (C=O) groups is 2. The van der Waals surface area contributed by atoms with Crippen molar-refractivity contribution in [1.82, 2.24) is 5.32 Å². The SMILES string of the molecule is Cc1cccc(NC(=O)OCCNC(=O)[C@@H]2[C@H](C=C(Cl)Cl)C2(C)C)c1C. The van der Waals surface area contributed by atoms with E-state index >= 15 is 0 Å². The second-order valence-corrected chi connectivity index (χ2v) is 8.09. The van der Waals surface area contributed by atoms with Crippen LogP contribution in [0.25, 0.3) is 0 Å². The Bertz CT molecular complexity index is 727. The van der Waals surface area contributed by atoms with Crippen LogP contribution in [-0.4, -0.2) is 25.2 Å². The summed E-state index contributed by atoms with van der Waals surface area (Å²) >= 11 is 11.4. The first-order valence-electron chi connectivity index (χ1n) is 8.45. The van der Waals surface area contributed by atoms with Crippen LogP contribution in [0.5, 0.6) is 0 Å². The number of rotatable bonds is 6. The van der Waals surface area contributed by atoms with Crippen LogP contribution in [0.3, 0.4) is 0 Å². The molecular weight excluding hydrogens is 375 g/mol. The monoisotopic (exact) mass is 398 g/mol. The molecule has 0 unspecified atom stereocenters. The molecule has 0 bridgehead atoms. The quantitative estimate of drug-likeness (QED) is 0.690. The highest BCUT2D eigenvalue weighted by Crippen LogP contribution is 2.59. The number of aryl methyl sites for hydroxylation is 1. The van der Waals surface area contributed by atoms with Gasteiger partial charge in [-0.1, -0.05) is 49.2 Å². The van der Waals surface area contributed by atoms with Crippen molar-refractivity contribution in [3.63, 3.8) is 0 Å². The summed E-state index contributed by atoms with van der Waals surface area (Å²) in [5, 5.41) is 5.49. The highest BCUT2D eigenvalue weighted by Gasteiger charge is 2.60. The van der Waals surface area contributed by atoms with Crippen molar-refractivity contribution < 1.29 is 14.3 Å². The number of anilines is 1. The van der Waals surface area contributed by atoms with Gasteiger partial charge in [-0.05, 0) is 48.4 Å². The molecule has 0 aromatic heterocycles. The van der Waals surface area contributed by atoms with Crippen LogP contribution in [-0.2, 0) is 9.53 Å². The molecule has 0 saturated heterocycles. The van der Waals surface area contributed by atoms with E-state index in [0.717, 1.165) is 11.1 Å². The summed E-state index contributed by atoms with van der Waals surface area (Å²) in [7, 11) is 0. The van der Waals surface area contributed by atoms with E-state index in [1.165, 1.54) is 0 Å². The van der Waals surface area contributed by atoms with Crippen LogP contribution < -0.4 is 10.6 Å². The molecule has 0 heterocycles. The smallest absolute Gasteiger partial charge is 0.411 e. The maximum atomic E-state index is 12.2. The zero-order valence-corrected chi connectivity index (χ0v) is 16.9. The Morgan fingerprint density at radius 2 is 1.96 bits per heavy atom. The molecule has 0 aliphatic heterocycles. The molecular formula is C19H24Cl2N2O3. The number of carbonyl (C=O) groups excluding carboxylic acids is 2. The lowest BCUT2D eigenvalue weighted by Gasteiger charge is -2.11. The van der Waals surface area contributed by atoms with Gasteiger partial charge in [0.15, 0.2) is 0 Å². The molecule has 26 heavy (non-hydrogen) atoms. The van der Waals surface area contributed by atoms with Gasteiger partial charge in [0.1, 0.15) is 11.1 Å². The largest absolute Gasteiger partial charge is 0.447 e. The Morgan fingerprint density at radius 1 is 1.27 bits per heavy atom. The van der Waals surface area contributed by atoms with E-state index in [2.05, 4.69) is 10.6 Å². The molecule has 1 saturated carbocycles. The van der Waals surface area contributed by atoms with Gasteiger partial charge in [-0.15, -0.1) is 0 Å². The van der Waals surface area contributed by atoms with Gasteiger partial charge in [0.25, 0.3) is 0 Å². The first-order valence-corrected chi connectivity index (χ1v) is 9.20. The van der Waals surface area contributed by atoms with Crippen LogP contribution in [0.1, 0.15) is 25.0 Å². The number of halogens is 2. The Morgan fingerprint density at radius 3 is 2.62 bits per heavy atom. The third-order valence-corrected chi connectivity index (χ3v) is 5.23. The first kappa shape index (κ1) is 20.6. The first-order chi connectivity index (χ1) is 12.1. The molecule has 2 amide bonds. The van der Waals surface area contributed by atoms with Gasteiger partial charge in [0.2, 0.25) is 5.91 Å². The Labute approximate surface area is 164 Å². The van der Waals surface area contributed by atoms with E-state index in [-0.39, 0.29) is 40.8 Å². The summed E-state index contributed by atoms with van der Waals surface area (Å²) in [6, 6.07) is 5.66. The van der Waals surface area contributed by atoms with Crippen molar-refractivity contribution >= 4 is 40.9 Å². The number of hydrogen-bond donors (Lipinski definition) is 2. The van der Waals surface area contributed by atoms with E-state index < -0.39 is 6.09 Å². The van der Waals surface area contributed by atoms with Crippen molar-refractivity contribution in [2.45, 2.75) is 27.7 Å². The standard InChI is InChI=1S/C19H24Cl2N2O3/c1-11-6-5-7-14(12(11)2)23-18(25)26-9-8-22-17(24)16-13(10-15(20)21)19(16,3)4/h5-7,10,13,16H,8-9H2,1-4H3,(H,22,24)(H,23,25)/t13-,16-/m0/s1. The molecule has 2 rings (SSSR count). The summed E-state index contributed by atoms with van der Waals surface area (Å²) < 4.78 is 5.29. The fraction of sp³-hybridized carbons (Fsp3) is 0.474. The summed E-state index contributed by atoms with van der Waals surface area (Å²) in [5.74, 6) is -0.260. The second kappa shape index (κ2) is 8.31. The predicted molar refractivity (Wildman–Crippen MR) is 104 cm³/mol. The molecule has 1 aliphatic carbocycles. The minimum Gasteiger partial charge on any atom is -0.447 e. The van der Waals surface area contributed by atoms with E-state index in [1.807, 2.05) is 45.9 Å². The summed E-state index contributed by atoms with van der Waals surface area (Å²) in [6.07, 6.45) is 1.15. The highest BCUT2D eigenvalue weighted by molar-refractivity contribution is 6.55. The zero-order valence-electron chi connectivity index (χ0n) is 15.4. The number of hydrogen-bond acceptors (Lipinski definition) is 3. The third kappa shape index (κ3) is 4.92. The molecule has 2 N–H and O–H groups in total. The topological polar surface area (TPSA) is 67.4 Å². The van der Waals surface area contributed by atoms with Crippen molar-refractivity contribution in [3.05, 3.63) is 39.9 Å². The fourth-order valence-electron chi connectivity index (χ4n) is 3.09. The lowest BCUT2D eigenvalue weighted by Crippen LogP contribution is -2.31. The molecule has 1 aromatic carbocycles. The second-order valence-electron chi connectivity index (χ2n) is 7.08. The Hall–Kier alpha value is -1.72. The van der Waals surface area contributed by atoms with E-state index in [9.17, 15) is 9.59 Å². The molecule has 7 heteroatoms. The van der Waals surface area contributed by atoms with Gasteiger partial charge in [0.05, 0.1) is 12.5 Å². The molecule has 0 spiro atoms. The minimum atomic E-state index is -0.547. The van der Waals surface area contributed by atoms with Crippen molar-refractivity contribution in [2.24, 2.45) is 17.3 Å². The minimum absolute atomic E-state index is 0.0148. The van der Waals surface area contributed by atoms with Crippen LogP contribution >= 0.6 is 23.2 Å². The molecule has 1 aliphatic rings. The van der Waals surface area contributed by atoms with E-state index in [1.54, 1.807) is 6.08 Å². The van der Waals surface area contributed by atoms with Gasteiger partial charge >= 0.3 is 6.09 Å². The average Bonchev–Trinajstić information content (AvgIpc) is 3.08. The predicted octanol–water partition coefficient (Wildman–Crippen LogP) is 4.56. The van der Waals surface area contributed by atoms with Crippen molar-refractivity contribution in [1.29, 1.82) is 0 Å². The normalized spacial score (nSPS) is 20.1. The molecule has 5 nitrogen and oxygen atoms in total. The molecule has 142 valence electrons. The lowest BCUT2D eigenvalue weighted by molar-refractivity contribution is -0.123. The highest BCUT2D eigenvalue weighted by atomic mass is 35.5. The number of allylic oxidation sites excluding steroid dienone is 1. The number of ether oxygens (including phenoxy) is 1. The Balaban J connectivity index is 1.73. The van der Waals surface area contributed by atoms with Crippen molar-refractivity contribution in [2.75, 3.05) is 18.5 Å². The summed E-state index contributed by atoms with van der Waals surface area (Å²) in [6.45, 7) is 8.22. The number of amides is 2. The third-order valence-electron chi connectivity index (χ3n) is 4.97. The van der Waals surface area contributed by atoms with Gasteiger partial charge in [-0.25, -0.2) is 4.79 Å². The summed E-state index contributed by atoms with van der Waals surface area (Å²) in [5.41, 5.74) is 2.61. The summed E-state index contributed by atoms with van der Waals surface area (Å²) in [4.78, 5) is 24.1. The van der Waals surface area contributed by atoms with Gasteiger partial charge in [-0.3, -0.25) is 10.1 Å². The van der Waals surface area contributed by atoms with Crippen molar-refractivity contribution in [3.8, 4) is 0 Å². The molecule has 0 radical (unpaired) electrons. The average molecular weight is 399 g/mol. The van der Waals surface area contributed by atoms with Gasteiger partial charge < -0.3 is 10.1 Å². The molecule has 1 aromatic rings.